The van der Waals surface area contributed by atoms with Crippen molar-refractivity contribution in [3.8, 4) is 0 Å². The summed E-state index contributed by atoms with van der Waals surface area (Å²) in [5.41, 5.74) is 1.57. The molecule has 1 atom stereocenters. The van der Waals surface area contributed by atoms with Gasteiger partial charge in [-0.15, -0.1) is 0 Å². The third-order valence-corrected chi connectivity index (χ3v) is 6.18. The highest BCUT2D eigenvalue weighted by Crippen LogP contribution is 2.37. The fraction of sp³-hybridized carbons (Fsp3) is 0.750. The summed E-state index contributed by atoms with van der Waals surface area (Å²) in [6.07, 6.45) is 5.25. The molecule has 1 aromatic heterocycles. The van der Waals surface area contributed by atoms with Gasteiger partial charge in [0.25, 0.3) is 0 Å². The lowest BCUT2D eigenvalue weighted by molar-refractivity contribution is 0.0607. The summed E-state index contributed by atoms with van der Waals surface area (Å²) in [7, 11) is 0. The van der Waals surface area contributed by atoms with E-state index < -0.39 is 0 Å². The van der Waals surface area contributed by atoms with Crippen molar-refractivity contribution in [2.24, 2.45) is 0 Å². The minimum atomic E-state index is 0.152. The Bertz CT molecular complexity index is 410. The van der Waals surface area contributed by atoms with Gasteiger partial charge >= 0.3 is 0 Å². The van der Waals surface area contributed by atoms with E-state index in [0.717, 1.165) is 6.54 Å². The van der Waals surface area contributed by atoms with E-state index in [-0.39, 0.29) is 5.54 Å². The highest BCUT2D eigenvalue weighted by molar-refractivity contribution is 9.10. The lowest BCUT2D eigenvalue weighted by Crippen LogP contribution is -2.54. The van der Waals surface area contributed by atoms with Crippen LogP contribution in [0.1, 0.15) is 58.1 Å². The van der Waals surface area contributed by atoms with Crippen LogP contribution in [0.25, 0.3) is 0 Å². The molecule has 0 saturated carbocycles. The van der Waals surface area contributed by atoms with Crippen molar-refractivity contribution in [1.82, 2.24) is 10.2 Å². The Balaban J connectivity index is 2.22. The smallest absolute Gasteiger partial charge is 0.0521 e. The summed E-state index contributed by atoms with van der Waals surface area (Å²) in [5.74, 6) is 0. The predicted molar refractivity (Wildman–Crippen MR) is 92.6 cm³/mol. The predicted octanol–water partition coefficient (Wildman–Crippen LogP) is 4.82. The average molecular weight is 359 g/mol. The number of thiophene rings is 1. The van der Waals surface area contributed by atoms with Crippen LogP contribution in [0.5, 0.6) is 0 Å². The molecule has 1 aromatic rings. The van der Waals surface area contributed by atoms with Gasteiger partial charge in [0, 0.05) is 15.4 Å². The van der Waals surface area contributed by atoms with Gasteiger partial charge < -0.3 is 5.32 Å². The van der Waals surface area contributed by atoms with E-state index in [0.29, 0.717) is 6.04 Å². The first-order valence-corrected chi connectivity index (χ1v) is 9.51. The minimum Gasteiger partial charge on any atom is -0.308 e. The molecule has 0 amide bonds. The van der Waals surface area contributed by atoms with Crippen LogP contribution in [-0.4, -0.2) is 30.1 Å². The quantitative estimate of drug-likeness (QED) is 0.784. The largest absolute Gasteiger partial charge is 0.308 e. The molecule has 2 heterocycles. The molecule has 114 valence electrons. The molecule has 2 rings (SSSR count). The van der Waals surface area contributed by atoms with Crippen LogP contribution in [0.15, 0.2) is 15.2 Å². The van der Waals surface area contributed by atoms with Gasteiger partial charge in [-0.3, -0.25) is 4.90 Å². The van der Waals surface area contributed by atoms with E-state index in [1.54, 1.807) is 11.3 Å². The van der Waals surface area contributed by atoms with E-state index >= 15 is 0 Å². The third kappa shape index (κ3) is 3.65. The monoisotopic (exact) mass is 358 g/mol. The summed E-state index contributed by atoms with van der Waals surface area (Å²) in [6.45, 7) is 10.6. The van der Waals surface area contributed by atoms with Crippen LogP contribution >= 0.6 is 27.3 Å². The summed E-state index contributed by atoms with van der Waals surface area (Å²) < 4.78 is 1.25. The van der Waals surface area contributed by atoms with Gasteiger partial charge in [-0.05, 0) is 79.6 Å². The van der Waals surface area contributed by atoms with Gasteiger partial charge in [0.2, 0.25) is 0 Å². The SMILES string of the molecule is CCCNC(c1cscc1Br)C(C)(C)N1CCCCC1. The van der Waals surface area contributed by atoms with Crippen molar-refractivity contribution in [1.29, 1.82) is 0 Å². The molecule has 0 bridgehead atoms. The van der Waals surface area contributed by atoms with Gasteiger partial charge in [-0.1, -0.05) is 13.3 Å². The molecule has 0 aliphatic carbocycles. The van der Waals surface area contributed by atoms with Crippen molar-refractivity contribution in [3.05, 3.63) is 20.8 Å². The van der Waals surface area contributed by atoms with Crippen LogP contribution in [0.4, 0.5) is 0 Å². The van der Waals surface area contributed by atoms with Crippen molar-refractivity contribution in [2.75, 3.05) is 19.6 Å². The van der Waals surface area contributed by atoms with Crippen molar-refractivity contribution < 1.29 is 0 Å². The molecule has 1 saturated heterocycles. The zero-order chi connectivity index (χ0) is 14.6. The van der Waals surface area contributed by atoms with Crippen LogP contribution < -0.4 is 5.32 Å². The number of nitrogens with zero attached hydrogens (tertiary/aromatic N) is 1. The molecule has 4 heteroatoms. The minimum absolute atomic E-state index is 0.152. The number of piperidine rings is 1. The molecule has 0 radical (unpaired) electrons. The van der Waals surface area contributed by atoms with Crippen LogP contribution in [-0.2, 0) is 0 Å². The first kappa shape index (κ1) is 16.5. The zero-order valence-electron chi connectivity index (χ0n) is 12.9. The molecule has 0 spiro atoms. The first-order chi connectivity index (χ1) is 9.57. The number of rotatable bonds is 6. The first-order valence-electron chi connectivity index (χ1n) is 7.77. The van der Waals surface area contributed by atoms with Crippen LogP contribution in [0, 0.1) is 0 Å². The van der Waals surface area contributed by atoms with Gasteiger partial charge in [-0.25, -0.2) is 0 Å². The Labute approximate surface area is 136 Å². The summed E-state index contributed by atoms with van der Waals surface area (Å²) in [4.78, 5) is 2.67. The Morgan fingerprint density at radius 2 is 2.00 bits per heavy atom. The third-order valence-electron chi connectivity index (χ3n) is 4.43. The summed E-state index contributed by atoms with van der Waals surface area (Å²) in [6, 6.07) is 0.390. The summed E-state index contributed by atoms with van der Waals surface area (Å²) >= 11 is 5.51. The Hall–Kier alpha value is 0.1000. The Kier molecular flexibility index (Phi) is 6.09. The van der Waals surface area contributed by atoms with Gasteiger partial charge in [-0.2, -0.15) is 11.3 Å². The maximum atomic E-state index is 3.79. The van der Waals surface area contributed by atoms with Crippen molar-refractivity contribution in [2.45, 2.75) is 58.0 Å². The topological polar surface area (TPSA) is 15.3 Å². The normalized spacial score (nSPS) is 19.2. The molecule has 1 fully saturated rings. The van der Waals surface area contributed by atoms with E-state index in [9.17, 15) is 0 Å². The van der Waals surface area contributed by atoms with Crippen LogP contribution in [0.2, 0.25) is 0 Å². The fourth-order valence-electron chi connectivity index (χ4n) is 3.18. The maximum Gasteiger partial charge on any atom is 0.0521 e. The van der Waals surface area contributed by atoms with E-state index in [4.69, 9.17) is 0 Å². The lowest BCUT2D eigenvalue weighted by atomic mass is 9.86. The molecule has 0 aromatic carbocycles. The van der Waals surface area contributed by atoms with Crippen molar-refractivity contribution in [3.63, 3.8) is 0 Å². The van der Waals surface area contributed by atoms with E-state index in [1.807, 2.05) is 0 Å². The molecule has 1 aliphatic rings. The second-order valence-corrected chi connectivity index (χ2v) is 7.86. The van der Waals surface area contributed by atoms with Crippen LogP contribution in [0.3, 0.4) is 0 Å². The lowest BCUT2D eigenvalue weighted by Gasteiger charge is -2.46. The highest BCUT2D eigenvalue weighted by Gasteiger charge is 2.37. The van der Waals surface area contributed by atoms with E-state index in [2.05, 4.69) is 57.7 Å². The second kappa shape index (κ2) is 7.39. The van der Waals surface area contributed by atoms with Gasteiger partial charge in [0.15, 0.2) is 0 Å². The average Bonchev–Trinajstić information content (AvgIpc) is 2.86. The van der Waals surface area contributed by atoms with Gasteiger partial charge in [0.05, 0.1) is 6.04 Å². The zero-order valence-corrected chi connectivity index (χ0v) is 15.3. The molecule has 2 nitrogen and oxygen atoms in total. The number of nitrogens with one attached hydrogen (secondary N) is 1. The molecule has 20 heavy (non-hydrogen) atoms. The number of likely N-dealkylation sites (tertiary alicyclic amines) is 1. The van der Waals surface area contributed by atoms with Crippen molar-refractivity contribution >= 4 is 27.3 Å². The highest BCUT2D eigenvalue weighted by atomic mass is 79.9. The molecular weight excluding hydrogens is 332 g/mol. The molecule has 1 unspecified atom stereocenters. The molecular formula is C16H27BrN2S. The second-order valence-electron chi connectivity index (χ2n) is 6.26. The maximum absolute atomic E-state index is 3.79. The van der Waals surface area contributed by atoms with E-state index in [1.165, 1.54) is 48.8 Å². The number of hydrogen-bond donors (Lipinski definition) is 1. The fourth-order valence-corrected chi connectivity index (χ4v) is 4.73. The molecule has 1 aliphatic heterocycles. The standard InChI is InChI=1S/C16H27BrN2S/c1-4-8-18-15(13-11-20-12-14(13)17)16(2,3)19-9-6-5-7-10-19/h11-12,15,18H,4-10H2,1-3H3. The number of hydrogen-bond acceptors (Lipinski definition) is 3. The number of halogens is 1. The summed E-state index contributed by atoms with van der Waals surface area (Å²) in [5, 5.41) is 8.28. The Morgan fingerprint density at radius 3 is 2.55 bits per heavy atom. The van der Waals surface area contributed by atoms with Gasteiger partial charge in [0.1, 0.15) is 0 Å². The molecule has 1 N–H and O–H groups in total. The Morgan fingerprint density at radius 1 is 1.30 bits per heavy atom.